The van der Waals surface area contributed by atoms with Crippen LogP contribution in [0.2, 0.25) is 0 Å². The molecule has 0 spiro atoms. The molecule has 1 fully saturated rings. The zero-order chi connectivity index (χ0) is 12.6. The molecule has 96 valence electrons. The molecule has 0 saturated heterocycles. The van der Waals surface area contributed by atoms with Crippen LogP contribution in [0.5, 0.6) is 0 Å². The molecule has 0 heterocycles. The van der Waals surface area contributed by atoms with Crippen LogP contribution < -0.4 is 0 Å². The van der Waals surface area contributed by atoms with Gasteiger partial charge in [-0.05, 0) is 55.4 Å². The Balaban J connectivity index is 2.18. The van der Waals surface area contributed by atoms with Crippen molar-refractivity contribution in [2.24, 2.45) is 17.3 Å². The molecule has 1 heteroatoms. The highest BCUT2D eigenvalue weighted by Crippen LogP contribution is 2.63. The first-order valence-electron chi connectivity index (χ1n) is 6.84. The minimum Gasteiger partial charge on any atom is -0.377 e. The summed E-state index contributed by atoms with van der Waals surface area (Å²) in [6, 6.07) is 0. The summed E-state index contributed by atoms with van der Waals surface area (Å²) in [7, 11) is 1.84. The number of rotatable bonds is 1. The lowest BCUT2D eigenvalue weighted by Gasteiger charge is -2.20. The summed E-state index contributed by atoms with van der Waals surface area (Å²) in [6.45, 7) is 11.3. The number of methoxy groups -OCH3 is 1. The first-order chi connectivity index (χ1) is 7.98. The molecule has 0 aromatic heterocycles. The molecule has 0 radical (unpaired) electrons. The summed E-state index contributed by atoms with van der Waals surface area (Å²) in [5.74, 6) is 1.50. The maximum atomic E-state index is 5.73. The van der Waals surface area contributed by atoms with Gasteiger partial charge in [-0.25, -0.2) is 0 Å². The Kier molecular flexibility index (Phi) is 3.49. The second kappa shape index (κ2) is 4.61. The van der Waals surface area contributed by atoms with E-state index in [1.807, 2.05) is 7.11 Å². The van der Waals surface area contributed by atoms with Crippen molar-refractivity contribution in [1.82, 2.24) is 0 Å². The molecule has 0 bridgehead atoms. The summed E-state index contributed by atoms with van der Waals surface area (Å²) in [6.07, 6.45) is 7.44. The van der Waals surface area contributed by atoms with Crippen LogP contribution in [0.4, 0.5) is 0 Å². The summed E-state index contributed by atoms with van der Waals surface area (Å²) in [5, 5.41) is 0. The Morgan fingerprint density at radius 3 is 2.71 bits per heavy atom. The van der Waals surface area contributed by atoms with E-state index in [1.165, 1.54) is 18.4 Å². The third kappa shape index (κ3) is 2.35. The number of hydrogen-bond donors (Lipinski definition) is 0. The van der Waals surface area contributed by atoms with E-state index in [1.54, 1.807) is 5.57 Å². The van der Waals surface area contributed by atoms with E-state index in [4.69, 9.17) is 4.74 Å². The van der Waals surface area contributed by atoms with Gasteiger partial charge in [-0.1, -0.05) is 32.1 Å². The van der Waals surface area contributed by atoms with Gasteiger partial charge in [-0.3, -0.25) is 0 Å². The fourth-order valence-electron chi connectivity index (χ4n) is 3.64. The zero-order valence-corrected chi connectivity index (χ0v) is 11.8. The lowest BCUT2D eigenvalue weighted by Crippen LogP contribution is -2.19. The van der Waals surface area contributed by atoms with Crippen LogP contribution in [0.15, 0.2) is 23.8 Å². The van der Waals surface area contributed by atoms with E-state index in [0.29, 0.717) is 11.3 Å². The summed E-state index contributed by atoms with van der Waals surface area (Å²) in [5.41, 5.74) is 3.28. The lowest BCUT2D eigenvalue weighted by molar-refractivity contribution is 0.0976. The van der Waals surface area contributed by atoms with Gasteiger partial charge in [0.05, 0.1) is 6.10 Å². The van der Waals surface area contributed by atoms with Crippen molar-refractivity contribution in [3.63, 3.8) is 0 Å². The standard InChI is InChI=1S/C16H26O/c1-11-7-6-8-12(2)15(17-5)14-13(10-9-11)16(14,3)4/h7,13-15H,2,6,8-10H2,1,3-5H3/b11-7+/t13-,14-,15+/m0/s1. The van der Waals surface area contributed by atoms with E-state index in [9.17, 15) is 0 Å². The molecule has 0 aromatic carbocycles. The Morgan fingerprint density at radius 1 is 1.35 bits per heavy atom. The monoisotopic (exact) mass is 234 g/mol. The quantitative estimate of drug-likeness (QED) is 0.613. The fourth-order valence-corrected chi connectivity index (χ4v) is 3.64. The minimum absolute atomic E-state index is 0.279. The van der Waals surface area contributed by atoms with Crippen LogP contribution in [0.25, 0.3) is 0 Å². The van der Waals surface area contributed by atoms with Crippen molar-refractivity contribution in [3.05, 3.63) is 23.8 Å². The van der Waals surface area contributed by atoms with Gasteiger partial charge in [-0.15, -0.1) is 0 Å². The van der Waals surface area contributed by atoms with E-state index >= 15 is 0 Å². The largest absolute Gasteiger partial charge is 0.377 e. The predicted molar refractivity (Wildman–Crippen MR) is 72.9 cm³/mol. The fraction of sp³-hybridized carbons (Fsp3) is 0.750. The SMILES string of the molecule is C=C1CC/C=C(\C)CC[C@H]2[C@@H]([C@@H]1OC)C2(C)C. The Hall–Kier alpha value is -0.560. The van der Waals surface area contributed by atoms with Gasteiger partial charge in [-0.2, -0.15) is 0 Å². The summed E-state index contributed by atoms with van der Waals surface area (Å²) >= 11 is 0. The van der Waals surface area contributed by atoms with Crippen molar-refractivity contribution in [1.29, 1.82) is 0 Å². The Bertz CT molecular complexity index is 337. The first kappa shape index (κ1) is 12.9. The third-order valence-corrected chi connectivity index (χ3v) is 4.93. The van der Waals surface area contributed by atoms with Gasteiger partial charge >= 0.3 is 0 Å². The minimum atomic E-state index is 0.279. The van der Waals surface area contributed by atoms with Crippen LogP contribution in [0, 0.1) is 17.3 Å². The van der Waals surface area contributed by atoms with E-state index in [-0.39, 0.29) is 6.10 Å². The van der Waals surface area contributed by atoms with Gasteiger partial charge < -0.3 is 4.74 Å². The summed E-state index contributed by atoms with van der Waals surface area (Å²) < 4.78 is 5.73. The number of ether oxygens (including phenoxy) is 1. The van der Waals surface area contributed by atoms with Gasteiger partial charge in [0, 0.05) is 7.11 Å². The van der Waals surface area contributed by atoms with Crippen LogP contribution in [-0.2, 0) is 4.74 Å². The van der Waals surface area contributed by atoms with Crippen LogP contribution >= 0.6 is 0 Å². The van der Waals surface area contributed by atoms with E-state index in [2.05, 4.69) is 33.4 Å². The van der Waals surface area contributed by atoms with Crippen molar-refractivity contribution in [2.75, 3.05) is 7.11 Å². The average Bonchev–Trinajstić information content (AvgIpc) is 2.79. The molecule has 0 amide bonds. The summed E-state index contributed by atoms with van der Waals surface area (Å²) in [4.78, 5) is 0. The molecular formula is C16H26O. The van der Waals surface area contributed by atoms with Crippen LogP contribution in [-0.4, -0.2) is 13.2 Å². The van der Waals surface area contributed by atoms with Gasteiger partial charge in [0.25, 0.3) is 0 Å². The van der Waals surface area contributed by atoms with Crippen LogP contribution in [0.1, 0.15) is 46.5 Å². The van der Waals surface area contributed by atoms with Gasteiger partial charge in [0.2, 0.25) is 0 Å². The van der Waals surface area contributed by atoms with E-state index in [0.717, 1.165) is 18.8 Å². The molecular weight excluding hydrogens is 208 g/mol. The normalized spacial score (nSPS) is 40.1. The molecule has 0 N–H and O–H groups in total. The number of fused-ring (bicyclic) bond motifs is 1. The molecule has 1 saturated carbocycles. The molecule has 0 aliphatic heterocycles. The lowest BCUT2D eigenvalue weighted by atomic mass is 9.95. The second-order valence-electron chi connectivity index (χ2n) is 6.40. The highest BCUT2D eigenvalue weighted by molar-refractivity contribution is 5.20. The van der Waals surface area contributed by atoms with Crippen molar-refractivity contribution >= 4 is 0 Å². The molecule has 2 aliphatic rings. The molecule has 17 heavy (non-hydrogen) atoms. The third-order valence-electron chi connectivity index (χ3n) is 4.93. The molecule has 2 rings (SSSR count). The highest BCUT2D eigenvalue weighted by atomic mass is 16.5. The van der Waals surface area contributed by atoms with Crippen molar-refractivity contribution in [2.45, 2.75) is 52.6 Å². The van der Waals surface area contributed by atoms with E-state index < -0.39 is 0 Å². The molecule has 0 aromatic rings. The predicted octanol–water partition coefficient (Wildman–Crippen LogP) is 4.35. The average molecular weight is 234 g/mol. The molecule has 0 unspecified atom stereocenters. The Labute approximate surface area is 106 Å². The zero-order valence-electron chi connectivity index (χ0n) is 11.8. The van der Waals surface area contributed by atoms with Gasteiger partial charge in [0.15, 0.2) is 0 Å². The van der Waals surface area contributed by atoms with Crippen molar-refractivity contribution < 1.29 is 4.74 Å². The Morgan fingerprint density at radius 2 is 2.06 bits per heavy atom. The highest BCUT2D eigenvalue weighted by Gasteiger charge is 2.60. The van der Waals surface area contributed by atoms with Gasteiger partial charge in [0.1, 0.15) is 0 Å². The molecule has 3 atom stereocenters. The molecule has 1 nitrogen and oxygen atoms in total. The first-order valence-corrected chi connectivity index (χ1v) is 6.84. The maximum Gasteiger partial charge on any atom is 0.0814 e. The second-order valence-corrected chi connectivity index (χ2v) is 6.40. The number of hydrogen-bond acceptors (Lipinski definition) is 1. The smallest absolute Gasteiger partial charge is 0.0814 e. The van der Waals surface area contributed by atoms with Crippen LogP contribution in [0.3, 0.4) is 0 Å². The number of allylic oxidation sites excluding steroid dienone is 2. The molecule has 2 aliphatic carbocycles. The topological polar surface area (TPSA) is 9.23 Å². The van der Waals surface area contributed by atoms with Crippen molar-refractivity contribution in [3.8, 4) is 0 Å². The maximum absolute atomic E-state index is 5.73.